The van der Waals surface area contributed by atoms with Crippen LogP contribution in [0.4, 0.5) is 5.95 Å². The summed E-state index contributed by atoms with van der Waals surface area (Å²) in [5.41, 5.74) is 4.09. The van der Waals surface area contributed by atoms with Crippen molar-refractivity contribution in [2.24, 2.45) is 5.41 Å². The predicted molar refractivity (Wildman–Crippen MR) is 121 cm³/mol. The SMILES string of the molecule is CNC(=O)[C@]1(C)CC[C@@H](Nc2ncc3c(Br)nn(-c4ccc5ncsc5c4)c3n2)C1. The fraction of sp³-hybridized carbons (Fsp3) is 0.350. The quantitative estimate of drug-likeness (QED) is 0.454. The van der Waals surface area contributed by atoms with Gasteiger partial charge in [0.2, 0.25) is 11.9 Å². The second-order valence-corrected chi connectivity index (χ2v) is 9.50. The molecule has 0 saturated heterocycles. The van der Waals surface area contributed by atoms with Crippen molar-refractivity contribution in [3.05, 3.63) is 34.5 Å². The molecule has 5 rings (SSSR count). The largest absolute Gasteiger partial charge is 0.359 e. The monoisotopic (exact) mass is 485 g/mol. The zero-order valence-electron chi connectivity index (χ0n) is 16.5. The number of carbonyl (C=O) groups excluding carboxylic acids is 1. The third-order valence-corrected chi connectivity index (χ3v) is 7.17. The number of aromatic nitrogens is 5. The van der Waals surface area contributed by atoms with Crippen molar-refractivity contribution < 1.29 is 4.79 Å². The Bertz CT molecular complexity index is 1270. The molecule has 0 spiro atoms. The van der Waals surface area contributed by atoms with Crippen LogP contribution < -0.4 is 10.6 Å². The van der Waals surface area contributed by atoms with Crippen molar-refractivity contribution in [1.29, 1.82) is 0 Å². The van der Waals surface area contributed by atoms with Gasteiger partial charge < -0.3 is 10.6 Å². The van der Waals surface area contributed by atoms with Gasteiger partial charge in [0, 0.05) is 24.7 Å². The van der Waals surface area contributed by atoms with Gasteiger partial charge in [0.05, 0.1) is 26.8 Å². The van der Waals surface area contributed by atoms with E-state index in [-0.39, 0.29) is 17.4 Å². The van der Waals surface area contributed by atoms with Crippen molar-refractivity contribution in [1.82, 2.24) is 30.0 Å². The molecule has 1 aromatic carbocycles. The van der Waals surface area contributed by atoms with Crippen molar-refractivity contribution in [3.63, 3.8) is 0 Å². The minimum atomic E-state index is -0.356. The standard InChI is InChI=1S/C20H20BrN7OS/c1-20(18(29)22-2)6-5-11(8-20)25-19-23-9-13-16(21)27-28(17(13)26-19)12-3-4-14-15(7-12)30-10-24-14/h3-4,7,9-11H,5-6,8H2,1-2H3,(H,22,29)(H,23,25,26)/t11-,20-/m1/s1. The van der Waals surface area contributed by atoms with Gasteiger partial charge >= 0.3 is 0 Å². The lowest BCUT2D eigenvalue weighted by molar-refractivity contribution is -0.129. The smallest absolute Gasteiger partial charge is 0.225 e. The van der Waals surface area contributed by atoms with Crippen LogP contribution in [0.1, 0.15) is 26.2 Å². The average Bonchev–Trinajstić information content (AvgIpc) is 3.45. The van der Waals surface area contributed by atoms with Gasteiger partial charge in [0.25, 0.3) is 0 Å². The van der Waals surface area contributed by atoms with Crippen LogP contribution in [0.2, 0.25) is 0 Å². The number of halogens is 1. The first kappa shape index (κ1) is 19.4. The molecule has 0 aliphatic heterocycles. The molecule has 30 heavy (non-hydrogen) atoms. The molecule has 1 fully saturated rings. The van der Waals surface area contributed by atoms with Crippen molar-refractivity contribution in [2.45, 2.75) is 32.2 Å². The highest BCUT2D eigenvalue weighted by Crippen LogP contribution is 2.39. The number of carbonyl (C=O) groups is 1. The van der Waals surface area contributed by atoms with Crippen LogP contribution in [0.3, 0.4) is 0 Å². The molecule has 1 aliphatic carbocycles. The maximum absolute atomic E-state index is 12.2. The summed E-state index contributed by atoms with van der Waals surface area (Å²) in [6.07, 6.45) is 4.26. The van der Waals surface area contributed by atoms with Gasteiger partial charge in [-0.05, 0) is 53.4 Å². The summed E-state index contributed by atoms with van der Waals surface area (Å²) in [5.74, 6) is 0.629. The van der Waals surface area contributed by atoms with E-state index in [0.717, 1.165) is 46.2 Å². The highest BCUT2D eigenvalue weighted by atomic mass is 79.9. The summed E-state index contributed by atoms with van der Waals surface area (Å²) < 4.78 is 3.61. The first-order valence-corrected chi connectivity index (χ1v) is 11.4. The number of anilines is 1. The first-order chi connectivity index (χ1) is 14.5. The molecule has 4 aromatic rings. The lowest BCUT2D eigenvalue weighted by Gasteiger charge is -2.22. The van der Waals surface area contributed by atoms with E-state index in [1.165, 1.54) is 0 Å². The van der Waals surface area contributed by atoms with E-state index in [2.05, 4.69) is 47.7 Å². The number of fused-ring (bicyclic) bond motifs is 2. The lowest BCUT2D eigenvalue weighted by Crippen LogP contribution is -2.35. The van der Waals surface area contributed by atoms with Crippen LogP contribution in [0.15, 0.2) is 34.5 Å². The fourth-order valence-electron chi connectivity index (χ4n) is 4.15. The first-order valence-electron chi connectivity index (χ1n) is 9.70. The number of rotatable bonds is 4. The number of hydrogen-bond acceptors (Lipinski definition) is 7. The maximum Gasteiger partial charge on any atom is 0.225 e. The molecular weight excluding hydrogens is 466 g/mol. The lowest BCUT2D eigenvalue weighted by atomic mass is 9.87. The van der Waals surface area contributed by atoms with Crippen LogP contribution in [0.5, 0.6) is 0 Å². The molecule has 154 valence electrons. The van der Waals surface area contributed by atoms with Crippen LogP contribution in [0, 0.1) is 5.41 Å². The molecular formula is C20H20BrN7OS. The number of nitrogens with one attached hydrogen (secondary N) is 2. The van der Waals surface area contributed by atoms with E-state index < -0.39 is 0 Å². The molecule has 2 atom stereocenters. The van der Waals surface area contributed by atoms with Crippen molar-refractivity contribution >= 4 is 60.4 Å². The van der Waals surface area contributed by atoms with Crippen molar-refractivity contribution in [2.75, 3.05) is 12.4 Å². The Morgan fingerprint density at radius 3 is 3.07 bits per heavy atom. The zero-order valence-corrected chi connectivity index (χ0v) is 18.9. The molecule has 3 aromatic heterocycles. The van der Waals surface area contributed by atoms with Crippen LogP contribution in [-0.2, 0) is 4.79 Å². The number of hydrogen-bond donors (Lipinski definition) is 2. The van der Waals surface area contributed by atoms with E-state index in [9.17, 15) is 4.79 Å². The molecule has 0 unspecified atom stereocenters. The van der Waals surface area contributed by atoms with Crippen molar-refractivity contribution in [3.8, 4) is 5.69 Å². The average molecular weight is 486 g/mol. The Hall–Kier alpha value is -2.59. The Balaban J connectivity index is 1.47. The maximum atomic E-state index is 12.2. The molecule has 3 heterocycles. The van der Waals surface area contributed by atoms with Gasteiger partial charge in [-0.2, -0.15) is 10.1 Å². The predicted octanol–water partition coefficient (Wildman–Crippen LogP) is 3.90. The fourth-order valence-corrected chi connectivity index (χ4v) is 5.30. The molecule has 10 heteroatoms. The number of thiazole rings is 1. The molecule has 2 N–H and O–H groups in total. The van der Waals surface area contributed by atoms with E-state index in [4.69, 9.17) is 4.98 Å². The summed E-state index contributed by atoms with van der Waals surface area (Å²) in [6, 6.07) is 6.19. The molecule has 0 bridgehead atoms. The minimum Gasteiger partial charge on any atom is -0.359 e. The highest BCUT2D eigenvalue weighted by molar-refractivity contribution is 9.10. The van der Waals surface area contributed by atoms with Gasteiger partial charge in [-0.1, -0.05) is 6.92 Å². The molecule has 8 nitrogen and oxygen atoms in total. The van der Waals surface area contributed by atoms with E-state index in [1.54, 1.807) is 24.6 Å². The number of benzene rings is 1. The topological polar surface area (TPSA) is 97.6 Å². The summed E-state index contributed by atoms with van der Waals surface area (Å²) in [6.45, 7) is 2.01. The van der Waals surface area contributed by atoms with E-state index in [1.807, 2.05) is 29.2 Å². The molecule has 1 aliphatic rings. The number of amides is 1. The Kier molecular flexibility index (Phi) is 4.70. The van der Waals surface area contributed by atoms with Gasteiger partial charge in [-0.3, -0.25) is 4.79 Å². The summed E-state index contributed by atoms with van der Waals surface area (Å²) in [5, 5.41) is 11.6. The third kappa shape index (κ3) is 3.24. The number of nitrogens with zero attached hydrogens (tertiary/aromatic N) is 5. The van der Waals surface area contributed by atoms with E-state index in [0.29, 0.717) is 10.6 Å². The van der Waals surface area contributed by atoms with Crippen LogP contribution >= 0.6 is 27.3 Å². The molecule has 1 amide bonds. The second kappa shape index (κ2) is 7.28. The third-order valence-electron chi connectivity index (χ3n) is 5.79. The highest BCUT2D eigenvalue weighted by Gasteiger charge is 2.40. The van der Waals surface area contributed by atoms with Gasteiger partial charge in [0.1, 0.15) is 4.60 Å². The zero-order chi connectivity index (χ0) is 20.9. The van der Waals surface area contributed by atoms with Crippen LogP contribution in [-0.4, -0.2) is 43.7 Å². The van der Waals surface area contributed by atoms with Gasteiger partial charge in [-0.25, -0.2) is 14.6 Å². The molecule has 1 saturated carbocycles. The Morgan fingerprint density at radius 1 is 1.37 bits per heavy atom. The Morgan fingerprint density at radius 2 is 2.23 bits per heavy atom. The summed E-state index contributed by atoms with van der Waals surface area (Å²) in [4.78, 5) is 25.8. The van der Waals surface area contributed by atoms with E-state index >= 15 is 0 Å². The molecule has 0 radical (unpaired) electrons. The summed E-state index contributed by atoms with van der Waals surface area (Å²) >= 11 is 5.12. The minimum absolute atomic E-state index is 0.0867. The van der Waals surface area contributed by atoms with Crippen LogP contribution in [0.25, 0.3) is 26.9 Å². The van der Waals surface area contributed by atoms with Gasteiger partial charge in [-0.15, -0.1) is 11.3 Å². The summed E-state index contributed by atoms with van der Waals surface area (Å²) in [7, 11) is 1.69. The Labute approximate surface area is 185 Å². The van der Waals surface area contributed by atoms with Gasteiger partial charge in [0.15, 0.2) is 5.65 Å². The normalized spacial score (nSPS) is 21.4. The second-order valence-electron chi connectivity index (χ2n) is 7.86.